The van der Waals surface area contributed by atoms with Gasteiger partial charge in [0.25, 0.3) is 0 Å². The Morgan fingerprint density at radius 3 is 1.45 bits per heavy atom. The predicted octanol–water partition coefficient (Wildman–Crippen LogP) is 11.3. The summed E-state index contributed by atoms with van der Waals surface area (Å²) in [4.78, 5) is 19.9. The standard InChI is InChI=1S/C46H29N5/c1-3-13-31(14-4-1)44-48-45(32-15-5-2-6-16-32)50-46(49-44)43-38-21-10-8-18-35(38)34-17-7-9-20-37(34)42(43)30-23-25-33(26-24-30)51-40-22-12-11-19-36(40)39-29-47-28-27-41(39)51/h1-29H. The minimum atomic E-state index is 0.638. The van der Waals surface area contributed by atoms with E-state index in [0.717, 1.165) is 66.1 Å². The van der Waals surface area contributed by atoms with Gasteiger partial charge in [0.05, 0.1) is 11.0 Å². The lowest BCUT2D eigenvalue weighted by Gasteiger charge is -2.19. The molecule has 0 saturated heterocycles. The Bertz CT molecular complexity index is 2780. The summed E-state index contributed by atoms with van der Waals surface area (Å²) in [7, 11) is 0. The van der Waals surface area contributed by atoms with Gasteiger partial charge in [0.15, 0.2) is 17.5 Å². The van der Waals surface area contributed by atoms with E-state index in [2.05, 4.69) is 137 Å². The Hall–Kier alpha value is -6.98. The molecule has 0 amide bonds. The molecular formula is C46H29N5. The van der Waals surface area contributed by atoms with Gasteiger partial charge in [-0.2, -0.15) is 0 Å². The summed E-state index contributed by atoms with van der Waals surface area (Å²) < 4.78 is 2.32. The number of hydrogen-bond donors (Lipinski definition) is 0. The highest BCUT2D eigenvalue weighted by Crippen LogP contribution is 2.44. The van der Waals surface area contributed by atoms with Gasteiger partial charge in [-0.05, 0) is 51.4 Å². The third-order valence-electron chi connectivity index (χ3n) is 9.74. The number of nitrogens with zero attached hydrogens (tertiary/aromatic N) is 5. The lowest BCUT2D eigenvalue weighted by molar-refractivity contribution is 1.08. The second-order valence-electron chi connectivity index (χ2n) is 12.7. The normalized spacial score (nSPS) is 11.5. The number of fused-ring (bicyclic) bond motifs is 6. The number of benzene rings is 7. The zero-order chi connectivity index (χ0) is 33.7. The van der Waals surface area contributed by atoms with E-state index in [4.69, 9.17) is 15.0 Å². The number of para-hydroxylation sites is 1. The largest absolute Gasteiger partial charge is 0.309 e. The Kier molecular flexibility index (Phi) is 6.74. The molecule has 0 aliphatic rings. The average Bonchev–Trinajstić information content (AvgIpc) is 3.55. The molecule has 0 fully saturated rings. The van der Waals surface area contributed by atoms with Crippen LogP contribution in [0.5, 0.6) is 0 Å². The van der Waals surface area contributed by atoms with E-state index in [1.165, 1.54) is 10.8 Å². The van der Waals surface area contributed by atoms with Crippen molar-refractivity contribution in [2.75, 3.05) is 0 Å². The van der Waals surface area contributed by atoms with E-state index in [9.17, 15) is 0 Å². The lowest BCUT2D eigenvalue weighted by Crippen LogP contribution is -2.02. The zero-order valence-electron chi connectivity index (χ0n) is 27.5. The molecule has 10 aromatic rings. The first kappa shape index (κ1) is 29.0. The number of rotatable bonds is 5. The van der Waals surface area contributed by atoms with Gasteiger partial charge in [0.2, 0.25) is 0 Å². The molecule has 51 heavy (non-hydrogen) atoms. The first-order valence-electron chi connectivity index (χ1n) is 17.1. The Labute approximate surface area is 294 Å². The lowest BCUT2D eigenvalue weighted by atomic mass is 9.87. The van der Waals surface area contributed by atoms with Gasteiger partial charge < -0.3 is 4.57 Å². The van der Waals surface area contributed by atoms with Crippen LogP contribution in [0.2, 0.25) is 0 Å². The number of aromatic nitrogens is 5. The Balaban J connectivity index is 1.26. The van der Waals surface area contributed by atoms with Crippen LogP contribution in [-0.2, 0) is 0 Å². The van der Waals surface area contributed by atoms with Gasteiger partial charge in [0, 0.05) is 51.1 Å². The molecule has 10 rings (SSSR count). The molecule has 3 heterocycles. The molecule has 5 nitrogen and oxygen atoms in total. The second kappa shape index (κ2) is 11.9. The molecule has 5 heteroatoms. The summed E-state index contributed by atoms with van der Waals surface area (Å²) in [6.45, 7) is 0. The van der Waals surface area contributed by atoms with Crippen LogP contribution in [0.15, 0.2) is 176 Å². The van der Waals surface area contributed by atoms with Crippen LogP contribution in [0.25, 0.3) is 94.3 Å². The summed E-state index contributed by atoms with van der Waals surface area (Å²) in [6.07, 6.45) is 3.82. The van der Waals surface area contributed by atoms with Crippen LogP contribution >= 0.6 is 0 Å². The van der Waals surface area contributed by atoms with Crippen molar-refractivity contribution in [1.82, 2.24) is 24.5 Å². The van der Waals surface area contributed by atoms with Crippen LogP contribution in [-0.4, -0.2) is 24.5 Å². The van der Waals surface area contributed by atoms with Crippen molar-refractivity contribution in [3.05, 3.63) is 176 Å². The summed E-state index contributed by atoms with van der Waals surface area (Å²) in [6, 6.07) is 57.1. The summed E-state index contributed by atoms with van der Waals surface area (Å²) in [5.41, 5.74) is 8.40. The summed E-state index contributed by atoms with van der Waals surface area (Å²) >= 11 is 0. The average molecular weight is 652 g/mol. The van der Waals surface area contributed by atoms with Crippen molar-refractivity contribution in [3.63, 3.8) is 0 Å². The molecule has 0 aliphatic carbocycles. The van der Waals surface area contributed by atoms with E-state index >= 15 is 0 Å². The van der Waals surface area contributed by atoms with Gasteiger partial charge in [-0.3, -0.25) is 4.98 Å². The van der Waals surface area contributed by atoms with Crippen molar-refractivity contribution < 1.29 is 0 Å². The fraction of sp³-hybridized carbons (Fsp3) is 0. The number of pyridine rings is 1. The third-order valence-corrected chi connectivity index (χ3v) is 9.74. The highest BCUT2D eigenvalue weighted by molar-refractivity contribution is 6.21. The van der Waals surface area contributed by atoms with E-state index in [0.29, 0.717) is 17.5 Å². The quantitative estimate of drug-likeness (QED) is 0.174. The minimum Gasteiger partial charge on any atom is -0.309 e. The first-order valence-corrected chi connectivity index (χ1v) is 17.1. The maximum absolute atomic E-state index is 5.24. The number of hydrogen-bond acceptors (Lipinski definition) is 4. The second-order valence-corrected chi connectivity index (χ2v) is 12.7. The highest BCUT2D eigenvalue weighted by Gasteiger charge is 2.22. The van der Waals surface area contributed by atoms with Crippen molar-refractivity contribution in [3.8, 4) is 51.0 Å². The van der Waals surface area contributed by atoms with Crippen LogP contribution in [0.4, 0.5) is 0 Å². The van der Waals surface area contributed by atoms with E-state index < -0.39 is 0 Å². The highest BCUT2D eigenvalue weighted by atomic mass is 15.0. The van der Waals surface area contributed by atoms with Crippen LogP contribution in [0.1, 0.15) is 0 Å². The smallest absolute Gasteiger partial charge is 0.165 e. The minimum absolute atomic E-state index is 0.638. The summed E-state index contributed by atoms with van der Waals surface area (Å²) in [5.74, 6) is 1.91. The molecule has 0 bridgehead atoms. The predicted molar refractivity (Wildman–Crippen MR) is 209 cm³/mol. The van der Waals surface area contributed by atoms with Gasteiger partial charge in [0.1, 0.15) is 0 Å². The van der Waals surface area contributed by atoms with E-state index in [-0.39, 0.29) is 0 Å². The first-order chi connectivity index (χ1) is 25.3. The van der Waals surface area contributed by atoms with E-state index in [1.807, 2.05) is 48.8 Å². The van der Waals surface area contributed by atoms with Crippen molar-refractivity contribution in [1.29, 1.82) is 0 Å². The molecule has 0 saturated carbocycles. The molecule has 0 radical (unpaired) electrons. The Morgan fingerprint density at radius 2 is 0.824 bits per heavy atom. The van der Waals surface area contributed by atoms with E-state index in [1.54, 1.807) is 0 Å². The van der Waals surface area contributed by atoms with Gasteiger partial charge in [-0.25, -0.2) is 15.0 Å². The molecule has 0 spiro atoms. The SMILES string of the molecule is c1ccc(-c2nc(-c3ccccc3)nc(-c3c(-c4ccc(-n5c6ccccc6c6cnccc65)cc4)c4ccccc4c4ccccc34)n2)cc1. The molecule has 0 aliphatic heterocycles. The van der Waals surface area contributed by atoms with Crippen LogP contribution in [0, 0.1) is 0 Å². The maximum atomic E-state index is 5.24. The monoisotopic (exact) mass is 651 g/mol. The molecule has 3 aromatic heterocycles. The fourth-order valence-electron chi connectivity index (χ4n) is 7.46. The summed E-state index contributed by atoms with van der Waals surface area (Å²) in [5, 5.41) is 6.90. The van der Waals surface area contributed by atoms with Crippen molar-refractivity contribution in [2.24, 2.45) is 0 Å². The molecule has 238 valence electrons. The van der Waals surface area contributed by atoms with Crippen molar-refractivity contribution >= 4 is 43.4 Å². The van der Waals surface area contributed by atoms with Gasteiger partial charge in [-0.1, -0.05) is 140 Å². The van der Waals surface area contributed by atoms with Crippen molar-refractivity contribution in [2.45, 2.75) is 0 Å². The maximum Gasteiger partial charge on any atom is 0.165 e. The zero-order valence-corrected chi connectivity index (χ0v) is 27.5. The third kappa shape index (κ3) is 4.78. The molecule has 0 atom stereocenters. The fourth-order valence-corrected chi connectivity index (χ4v) is 7.46. The molecule has 0 unspecified atom stereocenters. The molecular weight excluding hydrogens is 623 g/mol. The Morgan fingerprint density at radius 1 is 0.333 bits per heavy atom. The van der Waals surface area contributed by atoms with Gasteiger partial charge in [-0.15, -0.1) is 0 Å². The molecule has 0 N–H and O–H groups in total. The van der Waals surface area contributed by atoms with Gasteiger partial charge >= 0.3 is 0 Å². The molecule has 7 aromatic carbocycles. The van der Waals surface area contributed by atoms with Crippen LogP contribution < -0.4 is 0 Å². The van der Waals surface area contributed by atoms with Crippen LogP contribution in [0.3, 0.4) is 0 Å². The topological polar surface area (TPSA) is 56.5 Å².